The molecule has 0 atom stereocenters. The highest BCUT2D eigenvalue weighted by Crippen LogP contribution is 2.25. The number of halogens is 1. The molecule has 3 rings (SSSR count). The third kappa shape index (κ3) is 5.55. The molecule has 172 valence electrons. The van der Waals surface area contributed by atoms with Crippen LogP contribution >= 0.6 is 23.4 Å². The molecule has 1 heterocycles. The maximum absolute atomic E-state index is 12.9. The average molecular weight is 487 g/mol. The van der Waals surface area contributed by atoms with E-state index >= 15 is 0 Å². The van der Waals surface area contributed by atoms with Gasteiger partial charge in [-0.1, -0.05) is 29.4 Å². The van der Waals surface area contributed by atoms with Crippen LogP contribution < -0.4 is 16.6 Å². The molecule has 0 bridgehead atoms. The van der Waals surface area contributed by atoms with Crippen molar-refractivity contribution >= 4 is 45.7 Å². The van der Waals surface area contributed by atoms with Gasteiger partial charge in [0.05, 0.1) is 11.4 Å². The Morgan fingerprint density at radius 2 is 1.73 bits per heavy atom. The van der Waals surface area contributed by atoms with Crippen molar-refractivity contribution in [2.45, 2.75) is 13.8 Å². The summed E-state index contributed by atoms with van der Waals surface area (Å²) in [5.74, 6) is -0.940. The minimum Gasteiger partial charge on any atom is -0.494 e. The number of benzene rings is 2. The quantitative estimate of drug-likeness (QED) is 0.424. The molecule has 8 nitrogen and oxygen atoms in total. The number of nitrogens with zero attached hydrogens (tertiary/aromatic N) is 3. The highest BCUT2D eigenvalue weighted by atomic mass is 35.5. The first-order chi connectivity index (χ1) is 15.6. The molecule has 0 saturated carbocycles. The van der Waals surface area contributed by atoms with E-state index in [1.54, 1.807) is 30.3 Å². The summed E-state index contributed by atoms with van der Waals surface area (Å²) in [6.45, 7) is 3.90. The van der Waals surface area contributed by atoms with Gasteiger partial charge in [0.1, 0.15) is 10.6 Å². The predicted molar refractivity (Wildman–Crippen MR) is 133 cm³/mol. The zero-order valence-electron chi connectivity index (χ0n) is 18.5. The first kappa shape index (κ1) is 24.3. The van der Waals surface area contributed by atoms with Crippen molar-refractivity contribution in [1.29, 1.82) is 0 Å². The number of amides is 1. The summed E-state index contributed by atoms with van der Waals surface area (Å²) in [7, 11) is 2.67. The number of thioether (sulfide) groups is 1. The van der Waals surface area contributed by atoms with Crippen molar-refractivity contribution < 1.29 is 9.90 Å². The van der Waals surface area contributed by atoms with Gasteiger partial charge in [0.15, 0.2) is 0 Å². The minimum atomic E-state index is -0.705. The standard InChI is InChI=1S/C23H23ClN4O4S/c1-13-5-8-17(11-14(13)2)26-20(19-21(30)27(3)23(32)28(4)22(19)31)33-12-18(29)25-16-9-6-15(24)7-10-16/h5-11,30H,12H2,1-4H3,(H,25,29). The van der Waals surface area contributed by atoms with Gasteiger partial charge in [-0.15, -0.1) is 0 Å². The number of rotatable bonds is 5. The van der Waals surface area contributed by atoms with Crippen molar-refractivity contribution in [3.8, 4) is 5.88 Å². The van der Waals surface area contributed by atoms with E-state index in [1.807, 2.05) is 26.0 Å². The van der Waals surface area contributed by atoms with Gasteiger partial charge >= 0.3 is 5.69 Å². The number of aromatic nitrogens is 2. The van der Waals surface area contributed by atoms with Crippen molar-refractivity contribution in [2.75, 3.05) is 11.1 Å². The Labute approximate surface area is 199 Å². The van der Waals surface area contributed by atoms with Gasteiger partial charge in [-0.3, -0.25) is 18.7 Å². The molecule has 0 saturated heterocycles. The molecular formula is C23H23ClN4O4S. The summed E-state index contributed by atoms with van der Waals surface area (Å²) in [6, 6.07) is 12.2. The Hall–Kier alpha value is -3.30. The Bertz CT molecular complexity index is 1360. The summed E-state index contributed by atoms with van der Waals surface area (Å²) in [4.78, 5) is 42.1. The van der Waals surface area contributed by atoms with E-state index in [1.165, 1.54) is 14.1 Å². The highest BCUT2D eigenvalue weighted by Gasteiger charge is 2.22. The van der Waals surface area contributed by atoms with Crippen LogP contribution in [0.15, 0.2) is 57.0 Å². The van der Waals surface area contributed by atoms with Crippen LogP contribution in [0, 0.1) is 13.8 Å². The zero-order valence-corrected chi connectivity index (χ0v) is 20.1. The number of nitrogens with one attached hydrogen (secondary N) is 1. The van der Waals surface area contributed by atoms with Crippen LogP contribution in [0.4, 0.5) is 11.4 Å². The monoisotopic (exact) mass is 486 g/mol. The van der Waals surface area contributed by atoms with Crippen molar-refractivity contribution in [1.82, 2.24) is 9.13 Å². The van der Waals surface area contributed by atoms with E-state index in [9.17, 15) is 19.5 Å². The molecule has 1 aromatic heterocycles. The average Bonchev–Trinajstić information content (AvgIpc) is 2.78. The molecule has 1 amide bonds. The van der Waals surface area contributed by atoms with Gasteiger partial charge in [0, 0.05) is 24.8 Å². The van der Waals surface area contributed by atoms with Gasteiger partial charge in [0.25, 0.3) is 5.56 Å². The van der Waals surface area contributed by atoms with Crippen LogP contribution in [0.2, 0.25) is 5.02 Å². The predicted octanol–water partition coefficient (Wildman–Crippen LogP) is 3.51. The molecule has 0 fully saturated rings. The topological polar surface area (TPSA) is 106 Å². The number of carbonyl (C=O) groups is 1. The number of aliphatic imine (C=N–C) groups is 1. The van der Waals surface area contributed by atoms with E-state index < -0.39 is 17.1 Å². The number of aryl methyl sites for hydroxylation is 2. The molecular weight excluding hydrogens is 464 g/mol. The van der Waals surface area contributed by atoms with E-state index in [-0.39, 0.29) is 22.3 Å². The lowest BCUT2D eigenvalue weighted by Crippen LogP contribution is -2.39. The molecule has 3 aromatic rings. The SMILES string of the molecule is Cc1ccc(N=C(SCC(=O)Nc2ccc(Cl)cc2)c2c(O)n(C)c(=O)n(C)c2=O)cc1C. The van der Waals surface area contributed by atoms with Gasteiger partial charge in [-0.2, -0.15) is 0 Å². The maximum Gasteiger partial charge on any atom is 0.333 e. The summed E-state index contributed by atoms with van der Waals surface area (Å²) < 4.78 is 1.85. The Balaban J connectivity index is 2.00. The summed E-state index contributed by atoms with van der Waals surface area (Å²) >= 11 is 6.86. The maximum atomic E-state index is 12.9. The molecule has 0 spiro atoms. The second kappa shape index (κ2) is 10.1. The molecule has 0 aliphatic rings. The van der Waals surface area contributed by atoms with Gasteiger partial charge < -0.3 is 10.4 Å². The fraction of sp³-hybridized carbons (Fsp3) is 0.217. The molecule has 0 unspecified atom stereocenters. The van der Waals surface area contributed by atoms with Crippen molar-refractivity contribution in [2.24, 2.45) is 19.1 Å². The van der Waals surface area contributed by atoms with Crippen LogP contribution in [0.1, 0.15) is 16.7 Å². The first-order valence-electron chi connectivity index (χ1n) is 9.92. The number of aromatic hydroxyl groups is 1. The Kier molecular flexibility index (Phi) is 7.45. The Morgan fingerprint density at radius 3 is 2.36 bits per heavy atom. The van der Waals surface area contributed by atoms with Crippen LogP contribution in [0.5, 0.6) is 5.88 Å². The third-order valence-electron chi connectivity index (χ3n) is 5.04. The minimum absolute atomic E-state index is 0.0856. The van der Waals surface area contributed by atoms with Gasteiger partial charge in [-0.25, -0.2) is 9.79 Å². The lowest BCUT2D eigenvalue weighted by Gasteiger charge is -2.13. The van der Waals surface area contributed by atoms with Crippen molar-refractivity contribution in [3.05, 3.63) is 85.0 Å². The molecule has 2 N–H and O–H groups in total. The fourth-order valence-electron chi connectivity index (χ4n) is 2.96. The largest absolute Gasteiger partial charge is 0.494 e. The molecule has 0 radical (unpaired) electrons. The summed E-state index contributed by atoms with van der Waals surface area (Å²) in [5, 5.41) is 14.0. The lowest BCUT2D eigenvalue weighted by molar-refractivity contribution is -0.113. The normalized spacial score (nSPS) is 11.5. The second-order valence-corrected chi connectivity index (χ2v) is 8.83. The van der Waals surface area contributed by atoms with E-state index in [4.69, 9.17) is 11.6 Å². The van der Waals surface area contributed by atoms with E-state index in [2.05, 4.69) is 10.3 Å². The molecule has 2 aromatic carbocycles. The highest BCUT2D eigenvalue weighted by molar-refractivity contribution is 8.15. The molecule has 33 heavy (non-hydrogen) atoms. The Morgan fingerprint density at radius 1 is 1.06 bits per heavy atom. The van der Waals surface area contributed by atoms with Crippen molar-refractivity contribution in [3.63, 3.8) is 0 Å². The van der Waals surface area contributed by atoms with Crippen LogP contribution in [0.3, 0.4) is 0 Å². The summed E-state index contributed by atoms with van der Waals surface area (Å²) in [5.41, 5.74) is 1.67. The van der Waals surface area contributed by atoms with Gasteiger partial charge in [-0.05, 0) is 61.4 Å². The van der Waals surface area contributed by atoms with E-state index in [0.717, 1.165) is 32.0 Å². The zero-order chi connectivity index (χ0) is 24.3. The second-order valence-electron chi connectivity index (χ2n) is 7.43. The number of hydrogen-bond acceptors (Lipinski definition) is 6. The van der Waals surface area contributed by atoms with Gasteiger partial charge in [0.2, 0.25) is 11.8 Å². The van der Waals surface area contributed by atoms with Crippen LogP contribution in [-0.4, -0.2) is 30.9 Å². The smallest absolute Gasteiger partial charge is 0.333 e. The van der Waals surface area contributed by atoms with E-state index in [0.29, 0.717) is 16.4 Å². The molecule has 10 heteroatoms. The number of carbonyl (C=O) groups excluding carboxylic acids is 1. The lowest BCUT2D eigenvalue weighted by atomic mass is 10.1. The first-order valence-corrected chi connectivity index (χ1v) is 11.3. The van der Waals surface area contributed by atoms with Crippen LogP contribution in [0.25, 0.3) is 0 Å². The third-order valence-corrected chi connectivity index (χ3v) is 6.26. The fourth-order valence-corrected chi connectivity index (χ4v) is 3.92. The number of hydrogen-bond donors (Lipinski definition) is 2. The van der Waals surface area contributed by atoms with Crippen LogP contribution in [-0.2, 0) is 18.9 Å². The molecule has 0 aliphatic heterocycles. The molecule has 0 aliphatic carbocycles. The summed E-state index contributed by atoms with van der Waals surface area (Å²) in [6.07, 6.45) is 0. The number of anilines is 1.